The summed E-state index contributed by atoms with van der Waals surface area (Å²) >= 11 is 0. The maximum atomic E-state index is 13.2. The molecule has 3 rings (SSSR count). The van der Waals surface area contributed by atoms with Crippen LogP contribution in [0.25, 0.3) is 10.9 Å². The molecule has 1 heterocycles. The molecule has 27 heavy (non-hydrogen) atoms. The minimum Gasteiger partial charge on any atom is -0.394 e. The molecule has 3 aromatic rings. The molecule has 0 spiro atoms. The van der Waals surface area contributed by atoms with E-state index in [0.717, 1.165) is 11.4 Å². The summed E-state index contributed by atoms with van der Waals surface area (Å²) in [6, 6.07) is 11.0. The Labute approximate surface area is 156 Å². The lowest BCUT2D eigenvalue weighted by atomic mass is 10.1. The van der Waals surface area contributed by atoms with Gasteiger partial charge in [-0.05, 0) is 49.4 Å². The van der Waals surface area contributed by atoms with E-state index in [0.29, 0.717) is 16.7 Å². The van der Waals surface area contributed by atoms with Gasteiger partial charge in [-0.15, -0.1) is 0 Å². The van der Waals surface area contributed by atoms with E-state index in [4.69, 9.17) is 4.74 Å². The fraction of sp³-hybridized carbons (Fsp3) is 0.300. The van der Waals surface area contributed by atoms with Crippen LogP contribution in [0.1, 0.15) is 11.9 Å². The van der Waals surface area contributed by atoms with Gasteiger partial charge in [0.25, 0.3) is 5.56 Å². The zero-order chi connectivity index (χ0) is 19.6. The number of rotatable bonds is 6. The third kappa shape index (κ3) is 3.70. The first-order chi connectivity index (χ1) is 13.0. The highest BCUT2D eigenvalue weighted by atomic mass is 19.1. The Kier molecular flexibility index (Phi) is 5.53. The smallest absolute Gasteiger partial charge is 0.261 e. The molecule has 2 aromatic carbocycles. The van der Waals surface area contributed by atoms with Crippen LogP contribution in [0.4, 0.5) is 15.8 Å². The molecule has 0 saturated carbocycles. The molecule has 0 saturated heterocycles. The molecule has 0 aliphatic carbocycles. The van der Waals surface area contributed by atoms with Crippen LogP contribution in [-0.4, -0.2) is 42.0 Å². The third-order valence-corrected chi connectivity index (χ3v) is 4.60. The van der Waals surface area contributed by atoms with Crippen molar-refractivity contribution in [1.82, 2.24) is 9.55 Å². The van der Waals surface area contributed by atoms with E-state index in [2.05, 4.69) is 4.98 Å². The topological polar surface area (TPSA) is 67.6 Å². The molecule has 1 N–H and O–H groups in total. The highest BCUT2D eigenvalue weighted by molar-refractivity contribution is 5.83. The van der Waals surface area contributed by atoms with Crippen molar-refractivity contribution in [1.29, 1.82) is 0 Å². The molecule has 0 amide bonds. The third-order valence-electron chi connectivity index (χ3n) is 4.60. The van der Waals surface area contributed by atoms with Gasteiger partial charge in [-0.3, -0.25) is 9.36 Å². The fourth-order valence-corrected chi connectivity index (χ4v) is 3.15. The van der Waals surface area contributed by atoms with Crippen molar-refractivity contribution in [2.24, 2.45) is 0 Å². The highest BCUT2D eigenvalue weighted by Gasteiger charge is 2.17. The number of aromatic nitrogens is 2. The van der Waals surface area contributed by atoms with Crippen LogP contribution in [0, 0.1) is 12.7 Å². The molecule has 0 bridgehead atoms. The number of fused-ring (bicyclic) bond motifs is 1. The minimum atomic E-state index is -0.502. The summed E-state index contributed by atoms with van der Waals surface area (Å²) in [6.45, 7) is 1.72. The Bertz CT molecular complexity index is 1000. The van der Waals surface area contributed by atoms with E-state index in [1.165, 1.54) is 23.8 Å². The van der Waals surface area contributed by atoms with Gasteiger partial charge in [0.05, 0.1) is 30.2 Å². The maximum absolute atomic E-state index is 13.2. The number of hydrogen-bond acceptors (Lipinski definition) is 5. The van der Waals surface area contributed by atoms with Crippen molar-refractivity contribution in [2.75, 3.05) is 32.3 Å². The summed E-state index contributed by atoms with van der Waals surface area (Å²) in [7, 11) is 3.36. The average molecular weight is 371 g/mol. The van der Waals surface area contributed by atoms with Gasteiger partial charge >= 0.3 is 0 Å². The van der Waals surface area contributed by atoms with Gasteiger partial charge in [-0.1, -0.05) is 0 Å². The Morgan fingerprint density at radius 1 is 1.22 bits per heavy atom. The first-order valence-electron chi connectivity index (χ1n) is 8.58. The lowest BCUT2D eigenvalue weighted by Gasteiger charge is -2.22. The summed E-state index contributed by atoms with van der Waals surface area (Å²) in [5, 5.41) is 10.1. The molecule has 1 unspecified atom stereocenters. The number of halogens is 1. The Balaban J connectivity index is 2.11. The van der Waals surface area contributed by atoms with Crippen LogP contribution >= 0.6 is 0 Å². The van der Waals surface area contributed by atoms with Crippen molar-refractivity contribution in [3.63, 3.8) is 0 Å². The largest absolute Gasteiger partial charge is 0.394 e. The zero-order valence-corrected chi connectivity index (χ0v) is 15.5. The lowest BCUT2D eigenvalue weighted by molar-refractivity contribution is 0.111. The fourth-order valence-electron chi connectivity index (χ4n) is 3.15. The SMILES string of the molecule is COCC(CO)n1c(C)nc2ccc(N(C)c3ccc(F)cc3)cc2c1=O. The number of benzene rings is 2. The number of hydrogen-bond donors (Lipinski definition) is 1. The van der Waals surface area contributed by atoms with Crippen LogP contribution in [0.2, 0.25) is 0 Å². The number of anilines is 2. The monoisotopic (exact) mass is 371 g/mol. The van der Waals surface area contributed by atoms with E-state index < -0.39 is 6.04 Å². The predicted octanol–water partition coefficient (Wildman–Crippen LogP) is 2.79. The molecule has 1 atom stereocenters. The Hall–Kier alpha value is -2.77. The van der Waals surface area contributed by atoms with Crippen molar-refractivity contribution in [3.8, 4) is 0 Å². The van der Waals surface area contributed by atoms with E-state index >= 15 is 0 Å². The van der Waals surface area contributed by atoms with Crippen molar-refractivity contribution in [3.05, 3.63) is 64.5 Å². The van der Waals surface area contributed by atoms with Crippen LogP contribution < -0.4 is 10.5 Å². The highest BCUT2D eigenvalue weighted by Crippen LogP contribution is 2.26. The van der Waals surface area contributed by atoms with Crippen molar-refractivity contribution < 1.29 is 14.2 Å². The number of ether oxygens (including phenoxy) is 1. The van der Waals surface area contributed by atoms with Gasteiger partial charge < -0.3 is 14.7 Å². The number of aliphatic hydroxyl groups is 1. The summed E-state index contributed by atoms with van der Waals surface area (Å²) in [5.74, 6) is 0.213. The first kappa shape index (κ1) is 19.0. The zero-order valence-electron chi connectivity index (χ0n) is 15.5. The second-order valence-electron chi connectivity index (χ2n) is 6.36. The summed E-state index contributed by atoms with van der Waals surface area (Å²) in [4.78, 5) is 19.4. The molecule has 7 heteroatoms. The number of aliphatic hydroxyl groups excluding tert-OH is 1. The molecule has 0 aliphatic heterocycles. The standard InChI is InChI=1S/C20H22FN3O3/c1-13-22-19-9-8-16(23(2)15-6-4-14(21)5-7-15)10-18(19)20(26)24(13)17(11-25)12-27-3/h4-10,17,25H,11-12H2,1-3H3. The van der Waals surface area contributed by atoms with E-state index in [1.807, 2.05) is 18.0 Å². The molecular weight excluding hydrogens is 349 g/mol. The summed E-state index contributed by atoms with van der Waals surface area (Å²) in [6.07, 6.45) is 0. The van der Waals surface area contributed by atoms with Gasteiger partial charge in [0, 0.05) is 25.5 Å². The van der Waals surface area contributed by atoms with Gasteiger partial charge in [0.2, 0.25) is 0 Å². The first-order valence-corrected chi connectivity index (χ1v) is 8.58. The predicted molar refractivity (Wildman–Crippen MR) is 103 cm³/mol. The summed E-state index contributed by atoms with van der Waals surface area (Å²) in [5.41, 5.74) is 1.92. The van der Waals surface area contributed by atoms with Gasteiger partial charge in [-0.25, -0.2) is 9.37 Å². The maximum Gasteiger partial charge on any atom is 0.261 e. The van der Waals surface area contributed by atoms with Crippen LogP contribution in [0.5, 0.6) is 0 Å². The van der Waals surface area contributed by atoms with Crippen molar-refractivity contribution >= 4 is 22.3 Å². The number of aryl methyl sites for hydroxylation is 1. The van der Waals surface area contributed by atoms with Crippen LogP contribution in [-0.2, 0) is 4.74 Å². The molecule has 6 nitrogen and oxygen atoms in total. The van der Waals surface area contributed by atoms with Gasteiger partial charge in [-0.2, -0.15) is 0 Å². The van der Waals surface area contributed by atoms with Gasteiger partial charge in [0.15, 0.2) is 0 Å². The number of methoxy groups -OCH3 is 1. The van der Waals surface area contributed by atoms with E-state index in [1.54, 1.807) is 31.2 Å². The Morgan fingerprint density at radius 3 is 2.52 bits per heavy atom. The average Bonchev–Trinajstić information content (AvgIpc) is 2.67. The van der Waals surface area contributed by atoms with Crippen LogP contribution in [0.15, 0.2) is 47.3 Å². The van der Waals surface area contributed by atoms with E-state index in [-0.39, 0.29) is 24.6 Å². The second kappa shape index (κ2) is 7.85. The lowest BCUT2D eigenvalue weighted by Crippen LogP contribution is -2.32. The van der Waals surface area contributed by atoms with Crippen LogP contribution in [0.3, 0.4) is 0 Å². The summed E-state index contributed by atoms with van der Waals surface area (Å²) < 4.78 is 19.7. The molecule has 0 radical (unpaired) electrons. The molecule has 0 fully saturated rings. The molecule has 1 aromatic heterocycles. The van der Waals surface area contributed by atoms with E-state index in [9.17, 15) is 14.3 Å². The molecular formula is C20H22FN3O3. The normalized spacial score (nSPS) is 12.3. The molecule has 142 valence electrons. The van der Waals surface area contributed by atoms with Gasteiger partial charge in [0.1, 0.15) is 11.6 Å². The van der Waals surface area contributed by atoms with Crippen molar-refractivity contribution in [2.45, 2.75) is 13.0 Å². The Morgan fingerprint density at radius 2 is 1.89 bits per heavy atom. The number of nitrogens with zero attached hydrogens (tertiary/aromatic N) is 3. The quantitative estimate of drug-likeness (QED) is 0.722. The molecule has 0 aliphatic rings. The minimum absolute atomic E-state index is 0.208. The second-order valence-corrected chi connectivity index (χ2v) is 6.36.